The summed E-state index contributed by atoms with van der Waals surface area (Å²) in [7, 11) is 6.49. The van der Waals surface area contributed by atoms with Crippen molar-refractivity contribution in [2.45, 2.75) is 13.8 Å². The highest BCUT2D eigenvalue weighted by molar-refractivity contribution is 7.13. The quantitative estimate of drug-likeness (QED) is 0.271. The third-order valence-corrected chi connectivity index (χ3v) is 6.09. The molecule has 3 aromatic rings. The molecule has 0 spiro atoms. The van der Waals surface area contributed by atoms with Crippen LogP contribution in [0.15, 0.2) is 36.4 Å². The zero-order valence-electron chi connectivity index (χ0n) is 21.0. The standard InChI is InChI=1S/C28H32O6S/c1-7-33-27-23(29-3)15-19(16-24(27)30-4)9-11-21-13-14-22(35-21)12-10-20-17-25(31-5)28(34-8-2)26(18-20)32-6/h9-18H,7-8H2,1-6H3/b11-9+,12-10+. The molecule has 0 N–H and O–H groups in total. The van der Waals surface area contributed by atoms with Gasteiger partial charge in [0.15, 0.2) is 23.0 Å². The first-order valence-corrected chi connectivity index (χ1v) is 12.1. The maximum Gasteiger partial charge on any atom is 0.203 e. The fourth-order valence-electron chi connectivity index (χ4n) is 3.47. The highest BCUT2D eigenvalue weighted by Crippen LogP contribution is 2.40. The molecule has 186 valence electrons. The van der Waals surface area contributed by atoms with Crippen LogP contribution in [-0.2, 0) is 0 Å². The number of rotatable bonds is 12. The molecule has 0 saturated heterocycles. The van der Waals surface area contributed by atoms with Crippen molar-refractivity contribution in [2.24, 2.45) is 0 Å². The van der Waals surface area contributed by atoms with Crippen molar-refractivity contribution >= 4 is 35.6 Å². The average molecular weight is 497 g/mol. The molecule has 0 unspecified atom stereocenters. The van der Waals surface area contributed by atoms with E-state index in [1.54, 1.807) is 39.8 Å². The molecule has 3 rings (SSSR count). The van der Waals surface area contributed by atoms with Crippen molar-refractivity contribution in [1.29, 1.82) is 0 Å². The minimum Gasteiger partial charge on any atom is -0.493 e. The van der Waals surface area contributed by atoms with Crippen LogP contribution < -0.4 is 28.4 Å². The molecule has 35 heavy (non-hydrogen) atoms. The molecule has 0 aliphatic heterocycles. The number of thiophene rings is 1. The lowest BCUT2D eigenvalue weighted by atomic mass is 10.1. The van der Waals surface area contributed by atoms with E-state index in [4.69, 9.17) is 28.4 Å². The summed E-state index contributed by atoms with van der Waals surface area (Å²) in [4.78, 5) is 2.25. The monoisotopic (exact) mass is 496 g/mol. The van der Waals surface area contributed by atoms with E-state index in [2.05, 4.69) is 24.3 Å². The summed E-state index contributed by atoms with van der Waals surface area (Å²) in [5.74, 6) is 3.79. The topological polar surface area (TPSA) is 55.4 Å². The van der Waals surface area contributed by atoms with Crippen LogP contribution >= 0.6 is 11.3 Å². The minimum atomic E-state index is 0.531. The van der Waals surface area contributed by atoms with Gasteiger partial charge in [-0.2, -0.15) is 0 Å². The van der Waals surface area contributed by atoms with E-state index in [1.165, 1.54) is 0 Å². The van der Waals surface area contributed by atoms with Gasteiger partial charge in [-0.3, -0.25) is 0 Å². The van der Waals surface area contributed by atoms with Gasteiger partial charge < -0.3 is 28.4 Å². The molecule has 0 atom stereocenters. The first kappa shape index (κ1) is 26.0. The lowest BCUT2D eigenvalue weighted by molar-refractivity contribution is 0.288. The van der Waals surface area contributed by atoms with E-state index >= 15 is 0 Å². The van der Waals surface area contributed by atoms with Crippen LogP contribution in [-0.4, -0.2) is 41.7 Å². The second-order valence-corrected chi connectivity index (χ2v) is 8.43. The number of hydrogen-bond acceptors (Lipinski definition) is 7. The third kappa shape index (κ3) is 6.51. The van der Waals surface area contributed by atoms with Crippen LogP contribution in [0.4, 0.5) is 0 Å². The fourth-order valence-corrected chi connectivity index (χ4v) is 4.29. The van der Waals surface area contributed by atoms with Crippen LogP contribution in [0, 0.1) is 0 Å². The number of hydrogen-bond donors (Lipinski definition) is 0. The molecule has 6 nitrogen and oxygen atoms in total. The summed E-state index contributed by atoms with van der Waals surface area (Å²) >= 11 is 1.69. The maximum absolute atomic E-state index is 5.68. The Morgan fingerprint density at radius 1 is 0.571 bits per heavy atom. The van der Waals surface area contributed by atoms with Gasteiger partial charge >= 0.3 is 0 Å². The first-order valence-electron chi connectivity index (χ1n) is 11.3. The molecule has 0 radical (unpaired) electrons. The lowest BCUT2D eigenvalue weighted by Gasteiger charge is -2.14. The molecule has 0 fully saturated rings. The molecule has 0 amide bonds. The van der Waals surface area contributed by atoms with Gasteiger partial charge in [0.25, 0.3) is 0 Å². The van der Waals surface area contributed by atoms with Crippen molar-refractivity contribution in [2.75, 3.05) is 41.7 Å². The molecule has 0 aliphatic carbocycles. The van der Waals surface area contributed by atoms with Gasteiger partial charge in [-0.15, -0.1) is 11.3 Å². The smallest absolute Gasteiger partial charge is 0.203 e. The van der Waals surface area contributed by atoms with E-state index < -0.39 is 0 Å². The van der Waals surface area contributed by atoms with Crippen LogP contribution in [0.3, 0.4) is 0 Å². The van der Waals surface area contributed by atoms with E-state index in [-0.39, 0.29) is 0 Å². The van der Waals surface area contributed by atoms with E-state index in [1.807, 2.05) is 50.3 Å². The van der Waals surface area contributed by atoms with E-state index in [9.17, 15) is 0 Å². The Hall–Kier alpha value is -3.58. The summed E-state index contributed by atoms with van der Waals surface area (Å²) < 4.78 is 33.3. The van der Waals surface area contributed by atoms with Crippen molar-refractivity contribution in [3.63, 3.8) is 0 Å². The SMILES string of the molecule is CCOc1c(OC)cc(/C=C/c2ccc(/C=C/c3cc(OC)c(OCC)c(OC)c3)s2)cc1OC. The molecule has 1 aromatic heterocycles. The summed E-state index contributed by atoms with van der Waals surface area (Å²) in [6, 6.07) is 11.9. The second-order valence-electron chi connectivity index (χ2n) is 7.28. The van der Waals surface area contributed by atoms with Gasteiger partial charge in [0, 0.05) is 9.75 Å². The normalized spacial score (nSPS) is 11.1. The van der Waals surface area contributed by atoms with Gasteiger partial charge in [0.05, 0.1) is 41.7 Å². The summed E-state index contributed by atoms with van der Waals surface area (Å²) in [5, 5.41) is 0. The van der Waals surface area contributed by atoms with Crippen LogP contribution in [0.1, 0.15) is 34.7 Å². The van der Waals surface area contributed by atoms with Crippen LogP contribution in [0.2, 0.25) is 0 Å². The number of methoxy groups -OCH3 is 4. The van der Waals surface area contributed by atoms with Gasteiger partial charge in [0.2, 0.25) is 11.5 Å². The molecule has 7 heteroatoms. The van der Waals surface area contributed by atoms with Gasteiger partial charge in [-0.05, 0) is 73.5 Å². The first-order chi connectivity index (χ1) is 17.1. The summed E-state index contributed by atoms with van der Waals surface area (Å²) in [6.07, 6.45) is 8.20. The predicted molar refractivity (Wildman–Crippen MR) is 144 cm³/mol. The molecule has 1 heterocycles. The summed E-state index contributed by atoms with van der Waals surface area (Å²) in [6.45, 7) is 4.92. The summed E-state index contributed by atoms with van der Waals surface area (Å²) in [5.41, 5.74) is 1.92. The minimum absolute atomic E-state index is 0.531. The highest BCUT2D eigenvalue weighted by atomic mass is 32.1. The zero-order valence-corrected chi connectivity index (χ0v) is 21.9. The van der Waals surface area contributed by atoms with Crippen molar-refractivity contribution in [3.8, 4) is 34.5 Å². The van der Waals surface area contributed by atoms with Crippen LogP contribution in [0.25, 0.3) is 24.3 Å². The van der Waals surface area contributed by atoms with Gasteiger partial charge in [-0.25, -0.2) is 0 Å². The predicted octanol–water partition coefficient (Wildman–Crippen LogP) is 6.92. The lowest BCUT2D eigenvalue weighted by Crippen LogP contribution is -1.99. The molecule has 0 bridgehead atoms. The molecular weight excluding hydrogens is 464 g/mol. The van der Waals surface area contributed by atoms with Crippen LogP contribution in [0.5, 0.6) is 34.5 Å². The number of benzene rings is 2. The van der Waals surface area contributed by atoms with Crippen molar-refractivity contribution < 1.29 is 28.4 Å². The Labute approximate surface area is 211 Å². The Bertz CT molecular complexity index is 1040. The molecule has 2 aromatic carbocycles. The Kier molecular flexibility index (Phi) is 9.49. The van der Waals surface area contributed by atoms with E-state index in [0.29, 0.717) is 47.7 Å². The van der Waals surface area contributed by atoms with Gasteiger partial charge in [-0.1, -0.05) is 12.2 Å². The Balaban J connectivity index is 1.79. The highest BCUT2D eigenvalue weighted by Gasteiger charge is 2.14. The van der Waals surface area contributed by atoms with Crippen molar-refractivity contribution in [3.05, 3.63) is 57.3 Å². The zero-order chi connectivity index (χ0) is 25.2. The molecule has 0 aliphatic rings. The Morgan fingerprint density at radius 2 is 0.914 bits per heavy atom. The van der Waals surface area contributed by atoms with Crippen molar-refractivity contribution in [1.82, 2.24) is 0 Å². The molecule has 0 saturated carbocycles. The number of ether oxygens (including phenoxy) is 6. The largest absolute Gasteiger partial charge is 0.493 e. The Morgan fingerprint density at radius 3 is 1.20 bits per heavy atom. The second kappa shape index (κ2) is 12.8. The maximum atomic E-state index is 5.68. The third-order valence-electron chi connectivity index (χ3n) is 5.07. The van der Waals surface area contributed by atoms with E-state index in [0.717, 1.165) is 20.9 Å². The average Bonchev–Trinajstić information content (AvgIpc) is 3.35. The molecular formula is C28H32O6S. The van der Waals surface area contributed by atoms with Gasteiger partial charge in [0.1, 0.15) is 0 Å². The fraction of sp³-hybridized carbons (Fsp3) is 0.286.